The maximum Gasteiger partial charge on any atom is 0.257 e. The summed E-state index contributed by atoms with van der Waals surface area (Å²) in [5.41, 5.74) is 1.92. The van der Waals surface area contributed by atoms with E-state index < -0.39 is 0 Å². The molecular weight excluding hydrogens is 428 g/mol. The fraction of sp³-hybridized carbons (Fsp3) is 0.261. The molecule has 1 aliphatic rings. The van der Waals surface area contributed by atoms with Crippen LogP contribution in [-0.4, -0.2) is 40.1 Å². The molecule has 158 valence electrons. The molecule has 6 nitrogen and oxygen atoms in total. The zero-order valence-corrected chi connectivity index (χ0v) is 18.9. The number of para-hydroxylation sites is 1. The fourth-order valence-corrected chi connectivity index (χ4v) is 5.52. The first-order chi connectivity index (χ1) is 15.1. The first kappa shape index (κ1) is 20.1. The Morgan fingerprint density at radius 1 is 1.26 bits per heavy atom. The van der Waals surface area contributed by atoms with Gasteiger partial charge in [0.05, 0.1) is 39.7 Å². The Kier molecular flexibility index (Phi) is 5.43. The Morgan fingerprint density at radius 2 is 2.13 bits per heavy atom. The molecule has 1 aliphatic heterocycles. The summed E-state index contributed by atoms with van der Waals surface area (Å²) >= 11 is 3.31. The topological polar surface area (TPSA) is 61.9 Å². The van der Waals surface area contributed by atoms with Gasteiger partial charge in [-0.3, -0.25) is 9.69 Å². The van der Waals surface area contributed by atoms with Gasteiger partial charge >= 0.3 is 0 Å². The van der Waals surface area contributed by atoms with Crippen molar-refractivity contribution in [3.8, 4) is 0 Å². The summed E-state index contributed by atoms with van der Waals surface area (Å²) in [4.78, 5) is 21.2. The molecule has 0 radical (unpaired) electrons. The quantitative estimate of drug-likeness (QED) is 0.399. The van der Waals surface area contributed by atoms with Crippen molar-refractivity contribution in [2.24, 2.45) is 5.10 Å². The zero-order valence-electron chi connectivity index (χ0n) is 17.3. The second kappa shape index (κ2) is 8.37. The number of aromatic nitrogens is 1. The molecule has 8 heteroatoms. The van der Waals surface area contributed by atoms with Crippen LogP contribution >= 0.6 is 22.7 Å². The summed E-state index contributed by atoms with van der Waals surface area (Å²) in [6.45, 7) is 2.33. The van der Waals surface area contributed by atoms with E-state index in [0.29, 0.717) is 6.42 Å². The van der Waals surface area contributed by atoms with Crippen LogP contribution in [0, 0.1) is 0 Å². The van der Waals surface area contributed by atoms with Gasteiger partial charge in [-0.15, -0.1) is 22.7 Å². The Balaban J connectivity index is 1.35. The van der Waals surface area contributed by atoms with E-state index in [4.69, 9.17) is 14.5 Å². The molecule has 4 heterocycles. The van der Waals surface area contributed by atoms with Gasteiger partial charge in [0.15, 0.2) is 0 Å². The van der Waals surface area contributed by atoms with Gasteiger partial charge in [-0.1, -0.05) is 18.2 Å². The standard InChI is InChI=1S/C23H22N4O2S2/c1-15(23-24-16-7-3-4-9-21(16)31-23)26(2)14-22(28)27-18(19-8-5-11-29-19)13-17(25-27)20-10-6-12-30-20/h3-12,15,18H,13-14H2,1-2H3. The highest BCUT2D eigenvalue weighted by Gasteiger charge is 2.35. The van der Waals surface area contributed by atoms with Crippen molar-refractivity contribution in [3.05, 3.63) is 75.8 Å². The van der Waals surface area contributed by atoms with Crippen molar-refractivity contribution in [3.63, 3.8) is 0 Å². The molecule has 3 aromatic heterocycles. The number of thiophene rings is 1. The van der Waals surface area contributed by atoms with Crippen molar-refractivity contribution in [1.82, 2.24) is 14.9 Å². The molecule has 4 aromatic rings. The summed E-state index contributed by atoms with van der Waals surface area (Å²) in [7, 11) is 1.95. The van der Waals surface area contributed by atoms with Crippen LogP contribution in [0.4, 0.5) is 0 Å². The number of likely N-dealkylation sites (N-methyl/N-ethyl adjacent to an activating group) is 1. The minimum absolute atomic E-state index is 0.0201. The molecular formula is C23H22N4O2S2. The van der Waals surface area contributed by atoms with Crippen molar-refractivity contribution < 1.29 is 9.21 Å². The number of carbonyl (C=O) groups is 1. The van der Waals surface area contributed by atoms with Crippen LogP contribution in [0.15, 0.2) is 69.7 Å². The SMILES string of the molecule is CC(c1nc2ccccc2s1)N(C)CC(=O)N1N=C(c2cccs2)CC1c1ccco1. The normalized spacial score (nSPS) is 17.5. The van der Waals surface area contributed by atoms with Crippen LogP contribution in [0.25, 0.3) is 10.2 Å². The summed E-state index contributed by atoms with van der Waals surface area (Å²) in [5, 5.41) is 9.32. The summed E-state index contributed by atoms with van der Waals surface area (Å²) < 4.78 is 6.79. The lowest BCUT2D eigenvalue weighted by atomic mass is 10.1. The first-order valence-corrected chi connectivity index (χ1v) is 11.8. The van der Waals surface area contributed by atoms with E-state index in [9.17, 15) is 4.79 Å². The molecule has 1 aromatic carbocycles. The predicted molar refractivity (Wildman–Crippen MR) is 124 cm³/mol. The molecule has 0 N–H and O–H groups in total. The van der Waals surface area contributed by atoms with Crippen LogP contribution in [-0.2, 0) is 4.79 Å². The Bertz CT molecular complexity index is 1180. The van der Waals surface area contributed by atoms with Crippen molar-refractivity contribution in [2.45, 2.75) is 25.4 Å². The second-order valence-corrected chi connectivity index (χ2v) is 9.62. The lowest BCUT2D eigenvalue weighted by Gasteiger charge is -2.26. The van der Waals surface area contributed by atoms with Crippen LogP contribution in [0.3, 0.4) is 0 Å². The van der Waals surface area contributed by atoms with E-state index in [-0.39, 0.29) is 24.5 Å². The van der Waals surface area contributed by atoms with E-state index >= 15 is 0 Å². The number of hydrogen-bond acceptors (Lipinski definition) is 7. The number of furan rings is 1. The molecule has 0 saturated carbocycles. The van der Waals surface area contributed by atoms with E-state index in [1.807, 2.05) is 59.8 Å². The summed E-state index contributed by atoms with van der Waals surface area (Å²) in [6.07, 6.45) is 2.29. The third-order valence-electron chi connectivity index (χ3n) is 5.56. The highest BCUT2D eigenvalue weighted by molar-refractivity contribution is 7.18. The van der Waals surface area contributed by atoms with E-state index in [2.05, 4.69) is 13.0 Å². The van der Waals surface area contributed by atoms with Crippen LogP contribution in [0.2, 0.25) is 0 Å². The third kappa shape index (κ3) is 3.94. The number of hydrazone groups is 1. The average molecular weight is 451 g/mol. The first-order valence-electron chi connectivity index (χ1n) is 10.1. The Labute approximate surface area is 188 Å². The minimum Gasteiger partial charge on any atom is -0.467 e. The lowest BCUT2D eigenvalue weighted by molar-refractivity contribution is -0.134. The Morgan fingerprint density at radius 3 is 2.87 bits per heavy atom. The van der Waals surface area contributed by atoms with Gasteiger partial charge in [-0.05, 0) is 49.7 Å². The maximum absolute atomic E-state index is 13.3. The van der Waals surface area contributed by atoms with E-state index in [1.54, 1.807) is 33.9 Å². The Hall–Kier alpha value is -2.81. The number of amides is 1. The third-order valence-corrected chi connectivity index (χ3v) is 7.68. The average Bonchev–Trinajstić information content (AvgIpc) is 3.56. The molecule has 0 aliphatic carbocycles. The van der Waals surface area contributed by atoms with Gasteiger partial charge in [-0.2, -0.15) is 5.10 Å². The fourth-order valence-electron chi connectivity index (χ4n) is 3.71. The maximum atomic E-state index is 13.3. The molecule has 2 atom stereocenters. The minimum atomic E-state index is -0.217. The molecule has 1 amide bonds. The van der Waals surface area contributed by atoms with Crippen LogP contribution < -0.4 is 0 Å². The largest absolute Gasteiger partial charge is 0.467 e. The molecule has 5 rings (SSSR count). The van der Waals surface area contributed by atoms with E-state index in [0.717, 1.165) is 31.6 Å². The highest BCUT2D eigenvalue weighted by Crippen LogP contribution is 2.35. The zero-order chi connectivity index (χ0) is 21.4. The second-order valence-electron chi connectivity index (χ2n) is 7.61. The molecule has 31 heavy (non-hydrogen) atoms. The van der Waals surface area contributed by atoms with Gasteiger partial charge in [0.2, 0.25) is 0 Å². The number of nitrogens with zero attached hydrogens (tertiary/aromatic N) is 4. The molecule has 0 saturated heterocycles. The molecule has 0 spiro atoms. The monoisotopic (exact) mass is 450 g/mol. The molecule has 0 bridgehead atoms. The van der Waals surface area contributed by atoms with E-state index in [1.165, 1.54) is 0 Å². The van der Waals surface area contributed by atoms with Crippen molar-refractivity contribution in [2.75, 3.05) is 13.6 Å². The number of hydrogen-bond donors (Lipinski definition) is 0. The van der Waals surface area contributed by atoms with Crippen molar-refractivity contribution >= 4 is 44.5 Å². The number of rotatable bonds is 6. The molecule has 0 fully saturated rings. The van der Waals surface area contributed by atoms with Crippen LogP contribution in [0.1, 0.15) is 41.1 Å². The summed E-state index contributed by atoms with van der Waals surface area (Å²) in [6, 6.07) is 15.7. The van der Waals surface area contributed by atoms with Crippen LogP contribution in [0.5, 0.6) is 0 Å². The molecule has 2 unspecified atom stereocenters. The van der Waals surface area contributed by atoms with Gasteiger partial charge in [0, 0.05) is 6.42 Å². The van der Waals surface area contributed by atoms with Gasteiger partial charge in [0.25, 0.3) is 5.91 Å². The van der Waals surface area contributed by atoms with Gasteiger partial charge < -0.3 is 4.42 Å². The summed E-state index contributed by atoms with van der Waals surface area (Å²) in [5.74, 6) is 0.703. The number of benzene rings is 1. The van der Waals surface area contributed by atoms with Gasteiger partial charge in [-0.25, -0.2) is 9.99 Å². The number of fused-ring (bicyclic) bond motifs is 1. The predicted octanol–water partition coefficient (Wildman–Crippen LogP) is 5.32. The lowest BCUT2D eigenvalue weighted by Crippen LogP contribution is -2.37. The smallest absolute Gasteiger partial charge is 0.257 e. The highest BCUT2D eigenvalue weighted by atomic mass is 32.1. The number of thiazole rings is 1. The van der Waals surface area contributed by atoms with Gasteiger partial charge in [0.1, 0.15) is 16.8 Å². The number of carbonyl (C=O) groups excluding carboxylic acids is 1. The van der Waals surface area contributed by atoms with Crippen molar-refractivity contribution in [1.29, 1.82) is 0 Å².